The third-order valence-electron chi connectivity index (χ3n) is 4.35. The molecule has 7 heteroatoms. The molecule has 1 amide bonds. The standard InChI is InChI=1S/C21H24N2O5/c1-21(2,3)14-6-8-16-18(10-14)28-19(12-27-16)20(25)23-22-11-13-5-7-15(24)17(9-13)26-4/h5-11,19,24H,12H2,1-4H3,(H,23,25). The molecule has 2 N–H and O–H groups in total. The van der Waals surface area contributed by atoms with E-state index in [1.807, 2.05) is 18.2 Å². The number of amides is 1. The number of phenols is 1. The topological polar surface area (TPSA) is 89.4 Å². The number of carbonyl (C=O) groups is 1. The van der Waals surface area contributed by atoms with Crippen molar-refractivity contribution in [2.24, 2.45) is 5.10 Å². The van der Waals surface area contributed by atoms with Gasteiger partial charge >= 0.3 is 0 Å². The van der Waals surface area contributed by atoms with E-state index in [1.165, 1.54) is 19.4 Å². The number of nitrogens with zero attached hydrogens (tertiary/aromatic N) is 1. The van der Waals surface area contributed by atoms with Crippen LogP contribution in [-0.4, -0.2) is 37.0 Å². The van der Waals surface area contributed by atoms with Gasteiger partial charge in [-0.1, -0.05) is 26.8 Å². The maximum Gasteiger partial charge on any atom is 0.284 e. The van der Waals surface area contributed by atoms with E-state index in [0.29, 0.717) is 22.8 Å². The van der Waals surface area contributed by atoms with Crippen LogP contribution in [0, 0.1) is 0 Å². The van der Waals surface area contributed by atoms with Crippen molar-refractivity contribution in [1.29, 1.82) is 0 Å². The number of nitrogens with one attached hydrogen (secondary N) is 1. The molecule has 3 rings (SSSR count). The summed E-state index contributed by atoms with van der Waals surface area (Å²) in [5.41, 5.74) is 4.17. The molecule has 1 aliphatic heterocycles. The van der Waals surface area contributed by atoms with E-state index >= 15 is 0 Å². The van der Waals surface area contributed by atoms with Gasteiger partial charge in [-0.3, -0.25) is 4.79 Å². The molecule has 0 saturated carbocycles. The minimum atomic E-state index is -0.797. The lowest BCUT2D eigenvalue weighted by atomic mass is 9.87. The first-order chi connectivity index (χ1) is 13.3. The van der Waals surface area contributed by atoms with E-state index in [4.69, 9.17) is 14.2 Å². The quantitative estimate of drug-likeness (QED) is 0.625. The van der Waals surface area contributed by atoms with Crippen LogP contribution in [0.15, 0.2) is 41.5 Å². The zero-order chi connectivity index (χ0) is 20.3. The van der Waals surface area contributed by atoms with E-state index in [0.717, 1.165) is 5.56 Å². The van der Waals surface area contributed by atoms with Gasteiger partial charge in [-0.25, -0.2) is 5.43 Å². The molecular weight excluding hydrogens is 360 g/mol. The first kappa shape index (κ1) is 19.5. The van der Waals surface area contributed by atoms with Crippen molar-refractivity contribution in [1.82, 2.24) is 5.43 Å². The Morgan fingerprint density at radius 1 is 1.25 bits per heavy atom. The van der Waals surface area contributed by atoms with Crippen molar-refractivity contribution < 1.29 is 24.1 Å². The van der Waals surface area contributed by atoms with E-state index in [9.17, 15) is 9.90 Å². The molecule has 148 valence electrons. The normalized spacial score (nSPS) is 16.1. The second kappa shape index (κ2) is 7.80. The summed E-state index contributed by atoms with van der Waals surface area (Å²) >= 11 is 0. The van der Waals surface area contributed by atoms with Crippen LogP contribution in [0.1, 0.15) is 31.9 Å². The summed E-state index contributed by atoms with van der Waals surface area (Å²) in [5, 5.41) is 13.5. The summed E-state index contributed by atoms with van der Waals surface area (Å²) in [7, 11) is 1.46. The summed E-state index contributed by atoms with van der Waals surface area (Å²) in [4.78, 5) is 12.4. The molecule has 0 radical (unpaired) electrons. The van der Waals surface area contributed by atoms with Crippen molar-refractivity contribution in [3.05, 3.63) is 47.5 Å². The smallest absolute Gasteiger partial charge is 0.284 e. The van der Waals surface area contributed by atoms with Gasteiger partial charge in [0, 0.05) is 0 Å². The minimum Gasteiger partial charge on any atom is -0.504 e. The number of fused-ring (bicyclic) bond motifs is 1. The lowest BCUT2D eigenvalue weighted by Gasteiger charge is -2.27. The Morgan fingerprint density at radius 3 is 2.75 bits per heavy atom. The number of benzene rings is 2. The van der Waals surface area contributed by atoms with Crippen LogP contribution in [0.5, 0.6) is 23.0 Å². The van der Waals surface area contributed by atoms with Crippen LogP contribution in [0.25, 0.3) is 0 Å². The summed E-state index contributed by atoms with van der Waals surface area (Å²) < 4.78 is 16.5. The van der Waals surface area contributed by atoms with Gasteiger partial charge in [-0.2, -0.15) is 5.10 Å². The van der Waals surface area contributed by atoms with E-state index in [-0.39, 0.29) is 17.8 Å². The fourth-order valence-corrected chi connectivity index (χ4v) is 2.68. The fraction of sp³-hybridized carbons (Fsp3) is 0.333. The van der Waals surface area contributed by atoms with Gasteiger partial charge in [-0.15, -0.1) is 0 Å². The first-order valence-electron chi connectivity index (χ1n) is 8.92. The van der Waals surface area contributed by atoms with E-state index < -0.39 is 12.0 Å². The lowest BCUT2D eigenvalue weighted by Crippen LogP contribution is -2.42. The molecule has 1 heterocycles. The Morgan fingerprint density at radius 2 is 2.04 bits per heavy atom. The van der Waals surface area contributed by atoms with Crippen LogP contribution in [-0.2, 0) is 10.2 Å². The number of aromatic hydroxyl groups is 1. The van der Waals surface area contributed by atoms with Crippen LogP contribution in [0.4, 0.5) is 0 Å². The van der Waals surface area contributed by atoms with Gasteiger partial charge in [0.1, 0.15) is 6.61 Å². The van der Waals surface area contributed by atoms with Crippen molar-refractivity contribution in [3.8, 4) is 23.0 Å². The largest absolute Gasteiger partial charge is 0.504 e. The Balaban J connectivity index is 1.64. The molecular formula is C21H24N2O5. The number of hydrogen-bond acceptors (Lipinski definition) is 6. The lowest BCUT2D eigenvalue weighted by molar-refractivity contribution is -0.130. The summed E-state index contributed by atoms with van der Waals surface area (Å²) in [6.07, 6.45) is 0.657. The number of methoxy groups -OCH3 is 1. The highest BCUT2D eigenvalue weighted by Crippen LogP contribution is 2.36. The molecule has 0 bridgehead atoms. The molecule has 7 nitrogen and oxygen atoms in total. The van der Waals surface area contributed by atoms with Gasteiger partial charge < -0.3 is 19.3 Å². The third kappa shape index (κ3) is 4.36. The molecule has 0 spiro atoms. The zero-order valence-electron chi connectivity index (χ0n) is 16.4. The molecule has 1 aliphatic rings. The minimum absolute atomic E-state index is 0.0322. The van der Waals surface area contributed by atoms with Gasteiger partial charge in [0.05, 0.1) is 13.3 Å². The molecule has 0 saturated heterocycles. The van der Waals surface area contributed by atoms with E-state index in [1.54, 1.807) is 12.1 Å². The molecule has 1 atom stereocenters. The molecule has 0 fully saturated rings. The zero-order valence-corrected chi connectivity index (χ0v) is 16.4. The second-order valence-corrected chi connectivity index (χ2v) is 7.49. The number of phenolic OH excluding ortho intramolecular Hbond substituents is 1. The molecule has 2 aromatic carbocycles. The van der Waals surface area contributed by atoms with Crippen molar-refractivity contribution in [3.63, 3.8) is 0 Å². The maximum absolute atomic E-state index is 12.4. The second-order valence-electron chi connectivity index (χ2n) is 7.49. The molecule has 2 aromatic rings. The highest BCUT2D eigenvalue weighted by molar-refractivity contribution is 5.85. The van der Waals surface area contributed by atoms with Crippen LogP contribution < -0.4 is 19.6 Å². The molecule has 0 aromatic heterocycles. The average molecular weight is 384 g/mol. The number of hydrazone groups is 1. The molecule has 0 aliphatic carbocycles. The van der Waals surface area contributed by atoms with Crippen LogP contribution in [0.2, 0.25) is 0 Å². The SMILES string of the molecule is COc1cc(C=NNC(=O)C2COc3ccc(C(C)(C)C)cc3O2)ccc1O. The van der Waals surface area contributed by atoms with Gasteiger partial charge in [0.25, 0.3) is 5.91 Å². The Hall–Kier alpha value is -3.22. The predicted octanol–water partition coefficient (Wildman–Crippen LogP) is 2.99. The van der Waals surface area contributed by atoms with Crippen molar-refractivity contribution >= 4 is 12.1 Å². The average Bonchev–Trinajstić information content (AvgIpc) is 2.67. The molecule has 1 unspecified atom stereocenters. The summed E-state index contributed by atoms with van der Waals surface area (Å²) in [5.74, 6) is 1.12. The third-order valence-corrected chi connectivity index (χ3v) is 4.35. The summed E-state index contributed by atoms with van der Waals surface area (Å²) in [6.45, 7) is 6.43. The number of hydrogen-bond donors (Lipinski definition) is 2. The fourth-order valence-electron chi connectivity index (χ4n) is 2.68. The van der Waals surface area contributed by atoms with E-state index in [2.05, 4.69) is 31.3 Å². The van der Waals surface area contributed by atoms with Gasteiger partial charge in [-0.05, 0) is 46.9 Å². The van der Waals surface area contributed by atoms with Crippen LogP contribution >= 0.6 is 0 Å². The molecule has 28 heavy (non-hydrogen) atoms. The Labute approximate surface area is 163 Å². The van der Waals surface area contributed by atoms with Gasteiger partial charge in [0.15, 0.2) is 23.0 Å². The van der Waals surface area contributed by atoms with Crippen molar-refractivity contribution in [2.45, 2.75) is 32.3 Å². The number of rotatable bonds is 4. The highest BCUT2D eigenvalue weighted by atomic mass is 16.6. The monoisotopic (exact) mass is 384 g/mol. The highest BCUT2D eigenvalue weighted by Gasteiger charge is 2.28. The van der Waals surface area contributed by atoms with Crippen LogP contribution in [0.3, 0.4) is 0 Å². The first-order valence-corrected chi connectivity index (χ1v) is 8.92. The Kier molecular flexibility index (Phi) is 5.44. The summed E-state index contributed by atoms with van der Waals surface area (Å²) in [6, 6.07) is 10.5. The Bertz CT molecular complexity index is 902. The predicted molar refractivity (Wildman–Crippen MR) is 105 cm³/mol. The number of carbonyl (C=O) groups excluding carboxylic acids is 1. The van der Waals surface area contributed by atoms with Gasteiger partial charge in [0.2, 0.25) is 6.10 Å². The maximum atomic E-state index is 12.4. The van der Waals surface area contributed by atoms with Crippen molar-refractivity contribution in [2.75, 3.05) is 13.7 Å². The number of ether oxygens (including phenoxy) is 3.